The second kappa shape index (κ2) is 6.36. The molecule has 0 saturated heterocycles. The third kappa shape index (κ3) is 3.54. The van der Waals surface area contributed by atoms with E-state index in [0.717, 1.165) is 6.54 Å². The highest BCUT2D eigenvalue weighted by Gasteiger charge is 2.19. The van der Waals surface area contributed by atoms with Gasteiger partial charge in [-0.15, -0.1) is 0 Å². The van der Waals surface area contributed by atoms with Gasteiger partial charge in [0, 0.05) is 26.2 Å². The molecule has 96 valence electrons. The molecule has 0 amide bonds. The molecule has 0 aliphatic carbocycles. The minimum atomic E-state index is -0.477. The van der Waals surface area contributed by atoms with E-state index in [1.165, 1.54) is 0 Å². The highest BCUT2D eigenvalue weighted by Crippen LogP contribution is 2.13. The Kier molecular flexibility index (Phi) is 5.11. The molecule has 17 heavy (non-hydrogen) atoms. The first-order valence-corrected chi connectivity index (χ1v) is 5.64. The predicted molar refractivity (Wildman–Crippen MR) is 68.6 cm³/mol. The summed E-state index contributed by atoms with van der Waals surface area (Å²) in [7, 11) is 3.87. The molecule has 0 saturated carbocycles. The summed E-state index contributed by atoms with van der Waals surface area (Å²) in [6.45, 7) is 1.96. The van der Waals surface area contributed by atoms with E-state index < -0.39 is 10.9 Å². The summed E-state index contributed by atoms with van der Waals surface area (Å²) in [5.74, 6) is 0. The van der Waals surface area contributed by atoms with Gasteiger partial charge in [0.05, 0.1) is 0 Å². The summed E-state index contributed by atoms with van der Waals surface area (Å²) in [5, 5.41) is 14.4. The van der Waals surface area contributed by atoms with Crippen LogP contribution < -0.4 is 21.5 Å². The van der Waals surface area contributed by atoms with Gasteiger partial charge in [0.15, 0.2) is 0 Å². The van der Waals surface area contributed by atoms with Gasteiger partial charge >= 0.3 is 0 Å². The molecule has 0 bridgehead atoms. The van der Waals surface area contributed by atoms with Crippen molar-refractivity contribution in [1.82, 2.24) is 4.90 Å². The molecule has 0 atom stereocenters. The Morgan fingerprint density at radius 1 is 1.06 bits per heavy atom. The first-order valence-electron chi connectivity index (χ1n) is 5.64. The summed E-state index contributed by atoms with van der Waals surface area (Å²) < 4.78 is 0. The van der Waals surface area contributed by atoms with Crippen LogP contribution in [0.5, 0.6) is 0 Å². The van der Waals surface area contributed by atoms with Crippen molar-refractivity contribution in [3.8, 4) is 0 Å². The zero-order valence-electron chi connectivity index (χ0n) is 10.2. The van der Waals surface area contributed by atoms with Crippen LogP contribution in [0.15, 0.2) is 9.59 Å². The summed E-state index contributed by atoms with van der Waals surface area (Å²) in [6, 6.07) is 0. The second-order valence-corrected chi connectivity index (χ2v) is 4.14. The molecule has 0 aliphatic rings. The molecule has 6 nitrogen and oxygen atoms in total. The zero-order chi connectivity index (χ0) is 12.8. The number of anilines is 2. The van der Waals surface area contributed by atoms with Crippen LogP contribution in [0.1, 0.15) is 6.42 Å². The van der Waals surface area contributed by atoms with Crippen molar-refractivity contribution in [3.05, 3.63) is 20.4 Å². The first-order chi connectivity index (χ1) is 8.07. The molecule has 0 aliphatic heterocycles. The van der Waals surface area contributed by atoms with Gasteiger partial charge in [-0.25, -0.2) is 0 Å². The van der Waals surface area contributed by atoms with Crippen LogP contribution in [0.2, 0.25) is 0 Å². The molecule has 0 aromatic heterocycles. The minimum Gasteiger partial charge on any atom is -0.396 e. The molecule has 1 aromatic carbocycles. The normalized spacial score (nSPS) is 11.1. The van der Waals surface area contributed by atoms with E-state index in [2.05, 4.69) is 10.6 Å². The van der Waals surface area contributed by atoms with Gasteiger partial charge in [0.25, 0.3) is 10.9 Å². The lowest BCUT2D eigenvalue weighted by molar-refractivity contribution is 0.292. The van der Waals surface area contributed by atoms with Crippen LogP contribution in [-0.2, 0) is 0 Å². The van der Waals surface area contributed by atoms with Crippen molar-refractivity contribution >= 4 is 11.4 Å². The van der Waals surface area contributed by atoms with E-state index in [-0.39, 0.29) is 6.61 Å². The average molecular weight is 241 g/mol. The lowest BCUT2D eigenvalue weighted by Crippen LogP contribution is -2.38. The van der Waals surface area contributed by atoms with E-state index >= 15 is 0 Å². The van der Waals surface area contributed by atoms with Crippen molar-refractivity contribution in [2.24, 2.45) is 0 Å². The van der Waals surface area contributed by atoms with Gasteiger partial charge < -0.3 is 20.6 Å². The second-order valence-electron chi connectivity index (χ2n) is 4.14. The Labute approximate surface area is 99.9 Å². The van der Waals surface area contributed by atoms with Crippen LogP contribution in [0.3, 0.4) is 0 Å². The van der Waals surface area contributed by atoms with E-state index in [9.17, 15) is 9.59 Å². The van der Waals surface area contributed by atoms with Gasteiger partial charge in [0.1, 0.15) is 11.4 Å². The van der Waals surface area contributed by atoms with Crippen LogP contribution in [0, 0.1) is 0 Å². The molecule has 3 N–H and O–H groups in total. The van der Waals surface area contributed by atoms with Gasteiger partial charge in [0.2, 0.25) is 0 Å². The van der Waals surface area contributed by atoms with Crippen molar-refractivity contribution in [2.45, 2.75) is 6.42 Å². The van der Waals surface area contributed by atoms with E-state index in [1.807, 2.05) is 19.0 Å². The summed E-state index contributed by atoms with van der Waals surface area (Å²) >= 11 is 0. The van der Waals surface area contributed by atoms with Gasteiger partial charge in [-0.3, -0.25) is 9.59 Å². The number of aliphatic hydroxyl groups is 1. The van der Waals surface area contributed by atoms with E-state index in [1.54, 1.807) is 0 Å². The molecule has 0 heterocycles. The Bertz CT molecular complexity index is 422. The fourth-order valence-electron chi connectivity index (χ4n) is 1.43. The number of hydrogen-bond donors (Lipinski definition) is 3. The number of nitrogens with zero attached hydrogens (tertiary/aromatic N) is 1. The van der Waals surface area contributed by atoms with Crippen molar-refractivity contribution < 1.29 is 5.11 Å². The quantitative estimate of drug-likeness (QED) is 0.402. The molecule has 6 heteroatoms. The molecular formula is C11H19N3O3. The Hall–Kier alpha value is -1.40. The maximum atomic E-state index is 11.3. The average Bonchev–Trinajstić information content (AvgIpc) is 2.30. The molecule has 0 unspecified atom stereocenters. The van der Waals surface area contributed by atoms with Crippen LogP contribution in [0.25, 0.3) is 0 Å². The summed E-state index contributed by atoms with van der Waals surface area (Å²) in [5.41, 5.74) is -0.220. The lowest BCUT2D eigenvalue weighted by atomic mass is 10.2. The Morgan fingerprint density at radius 2 is 1.59 bits per heavy atom. The highest BCUT2D eigenvalue weighted by atomic mass is 16.3. The maximum Gasteiger partial charge on any atom is 0.253 e. The molecule has 0 spiro atoms. The Morgan fingerprint density at radius 3 is 2.06 bits per heavy atom. The largest absolute Gasteiger partial charge is 0.396 e. The van der Waals surface area contributed by atoms with Gasteiger partial charge in [-0.2, -0.15) is 0 Å². The summed E-state index contributed by atoms with van der Waals surface area (Å²) in [6.07, 6.45) is 0.552. The fraction of sp³-hybridized carbons (Fsp3) is 0.636. The van der Waals surface area contributed by atoms with Crippen LogP contribution in [0.4, 0.5) is 11.4 Å². The molecule has 0 fully saturated rings. The third-order valence-corrected chi connectivity index (χ3v) is 2.41. The SMILES string of the molecule is CN(C)CCNc1c(NCCCO)c(=O)c1=O. The third-order valence-electron chi connectivity index (χ3n) is 2.41. The smallest absolute Gasteiger partial charge is 0.253 e. The number of likely N-dealkylation sites (N-methyl/N-ethyl adjacent to an activating group) is 1. The van der Waals surface area contributed by atoms with E-state index in [0.29, 0.717) is 30.9 Å². The van der Waals surface area contributed by atoms with Crippen LogP contribution in [-0.4, -0.2) is 50.3 Å². The minimum absolute atomic E-state index is 0.0613. The predicted octanol–water partition coefficient (Wildman–Crippen LogP) is -0.950. The maximum absolute atomic E-state index is 11.3. The van der Waals surface area contributed by atoms with E-state index in [4.69, 9.17) is 5.11 Å². The number of aliphatic hydroxyl groups excluding tert-OH is 1. The monoisotopic (exact) mass is 241 g/mol. The molecular weight excluding hydrogens is 222 g/mol. The molecule has 1 rings (SSSR count). The number of nitrogens with one attached hydrogen (secondary N) is 2. The lowest BCUT2D eigenvalue weighted by Gasteiger charge is -2.16. The van der Waals surface area contributed by atoms with Crippen molar-refractivity contribution in [3.63, 3.8) is 0 Å². The van der Waals surface area contributed by atoms with Crippen molar-refractivity contribution in [1.29, 1.82) is 0 Å². The highest BCUT2D eigenvalue weighted by molar-refractivity contribution is 5.73. The number of hydrogen-bond acceptors (Lipinski definition) is 6. The molecule has 0 radical (unpaired) electrons. The fourth-order valence-corrected chi connectivity index (χ4v) is 1.43. The van der Waals surface area contributed by atoms with Crippen molar-refractivity contribution in [2.75, 3.05) is 51.0 Å². The Balaban J connectivity index is 2.51. The number of rotatable bonds is 8. The summed E-state index contributed by atoms with van der Waals surface area (Å²) in [4.78, 5) is 24.6. The standard InChI is InChI=1S/C11H19N3O3/c1-14(2)6-5-13-9-8(10(16)11(9)17)12-4-3-7-15/h12-13,15H,3-7H2,1-2H3. The van der Waals surface area contributed by atoms with Crippen LogP contribution >= 0.6 is 0 Å². The van der Waals surface area contributed by atoms with Gasteiger partial charge in [-0.1, -0.05) is 0 Å². The first kappa shape index (κ1) is 13.7. The zero-order valence-corrected chi connectivity index (χ0v) is 10.2. The van der Waals surface area contributed by atoms with Gasteiger partial charge in [-0.05, 0) is 20.5 Å². The topological polar surface area (TPSA) is 81.7 Å². The molecule has 1 aromatic rings.